The summed E-state index contributed by atoms with van der Waals surface area (Å²) in [6.07, 6.45) is 1.30. The second kappa shape index (κ2) is 6.47. The van der Waals surface area contributed by atoms with Gasteiger partial charge >= 0.3 is 0 Å². The molecule has 4 rings (SSSR count). The Labute approximate surface area is 145 Å². The Hall–Kier alpha value is -1.42. The Kier molecular flexibility index (Phi) is 4.33. The lowest BCUT2D eigenvalue weighted by Gasteiger charge is -2.30. The first-order valence-corrected chi connectivity index (χ1v) is 9.07. The molecule has 0 unspecified atom stereocenters. The maximum Gasteiger partial charge on any atom is 0.0509 e. The van der Waals surface area contributed by atoms with Crippen LogP contribution in [0.15, 0.2) is 42.5 Å². The number of methoxy groups -OCH3 is 1. The van der Waals surface area contributed by atoms with Crippen molar-refractivity contribution < 1.29 is 4.74 Å². The van der Waals surface area contributed by atoms with Crippen molar-refractivity contribution in [3.8, 4) is 0 Å². The van der Waals surface area contributed by atoms with Crippen LogP contribution in [0.25, 0.3) is 10.8 Å². The van der Waals surface area contributed by atoms with E-state index in [1.165, 1.54) is 48.9 Å². The monoisotopic (exact) mass is 324 g/mol. The summed E-state index contributed by atoms with van der Waals surface area (Å²) in [4.78, 5) is 5.15. The van der Waals surface area contributed by atoms with Crippen LogP contribution in [-0.2, 0) is 11.3 Å². The number of benzene rings is 2. The lowest BCUT2D eigenvalue weighted by atomic mass is 9.77. The maximum atomic E-state index is 5.53. The van der Waals surface area contributed by atoms with Crippen molar-refractivity contribution in [2.75, 3.05) is 46.9 Å². The quantitative estimate of drug-likeness (QED) is 0.859. The molecule has 0 aliphatic carbocycles. The Morgan fingerprint density at radius 1 is 1.12 bits per heavy atom. The van der Waals surface area contributed by atoms with E-state index in [9.17, 15) is 0 Å². The molecule has 1 spiro atoms. The van der Waals surface area contributed by atoms with Crippen LogP contribution in [0, 0.1) is 11.3 Å². The standard InChI is InChI=1S/C21H28N2O/c1-22-13-19(14-24-2)21(15-22)10-11-23(16-21)12-18-8-5-7-17-6-3-4-9-20(17)18/h3-9,19H,10-16H2,1-2H3/t19-,21-/m0/s1. The summed E-state index contributed by atoms with van der Waals surface area (Å²) in [5.74, 6) is 0.671. The molecule has 2 saturated heterocycles. The minimum Gasteiger partial charge on any atom is -0.384 e. The summed E-state index contributed by atoms with van der Waals surface area (Å²) < 4.78 is 5.53. The zero-order valence-electron chi connectivity index (χ0n) is 14.9. The first-order valence-electron chi connectivity index (χ1n) is 9.07. The van der Waals surface area contributed by atoms with Crippen molar-refractivity contribution in [1.82, 2.24) is 9.80 Å². The molecular weight excluding hydrogens is 296 g/mol. The molecule has 0 saturated carbocycles. The smallest absolute Gasteiger partial charge is 0.0509 e. The molecule has 2 aliphatic rings. The van der Waals surface area contributed by atoms with Crippen molar-refractivity contribution in [1.29, 1.82) is 0 Å². The predicted molar refractivity (Wildman–Crippen MR) is 99.1 cm³/mol. The molecule has 0 amide bonds. The van der Waals surface area contributed by atoms with Crippen LogP contribution in [0.2, 0.25) is 0 Å². The van der Waals surface area contributed by atoms with E-state index in [1.54, 1.807) is 0 Å². The van der Waals surface area contributed by atoms with Crippen molar-refractivity contribution in [2.45, 2.75) is 13.0 Å². The zero-order chi connectivity index (χ0) is 16.6. The molecule has 3 heteroatoms. The van der Waals surface area contributed by atoms with Crippen molar-refractivity contribution in [3.63, 3.8) is 0 Å². The lowest BCUT2D eigenvalue weighted by molar-refractivity contribution is 0.0959. The van der Waals surface area contributed by atoms with Crippen LogP contribution >= 0.6 is 0 Å². The number of rotatable bonds is 4. The highest BCUT2D eigenvalue weighted by atomic mass is 16.5. The molecule has 2 heterocycles. The van der Waals surface area contributed by atoms with Crippen LogP contribution in [0.5, 0.6) is 0 Å². The largest absolute Gasteiger partial charge is 0.384 e. The second-order valence-electron chi connectivity index (χ2n) is 7.81. The van der Waals surface area contributed by atoms with Gasteiger partial charge in [-0.15, -0.1) is 0 Å². The fourth-order valence-corrected chi connectivity index (χ4v) is 4.98. The highest BCUT2D eigenvalue weighted by molar-refractivity contribution is 5.85. The van der Waals surface area contributed by atoms with E-state index in [1.807, 2.05) is 7.11 Å². The molecular formula is C21H28N2O. The Bertz CT molecular complexity index is 711. The number of hydrogen-bond donors (Lipinski definition) is 0. The fourth-order valence-electron chi connectivity index (χ4n) is 4.98. The van der Waals surface area contributed by atoms with Gasteiger partial charge in [0.05, 0.1) is 6.61 Å². The van der Waals surface area contributed by atoms with Gasteiger partial charge in [0.25, 0.3) is 0 Å². The van der Waals surface area contributed by atoms with Gasteiger partial charge in [0.1, 0.15) is 0 Å². The number of hydrogen-bond acceptors (Lipinski definition) is 3. The molecule has 0 aromatic heterocycles. The van der Waals surface area contributed by atoms with Crippen LogP contribution in [0.4, 0.5) is 0 Å². The minimum atomic E-state index is 0.426. The Balaban J connectivity index is 1.53. The van der Waals surface area contributed by atoms with E-state index < -0.39 is 0 Å². The summed E-state index contributed by atoms with van der Waals surface area (Å²) in [5, 5.41) is 2.75. The van der Waals surface area contributed by atoms with Gasteiger partial charge in [0.15, 0.2) is 0 Å². The number of likely N-dealkylation sites (tertiary alicyclic amines) is 2. The van der Waals surface area contributed by atoms with Gasteiger partial charge in [0.2, 0.25) is 0 Å². The van der Waals surface area contributed by atoms with Gasteiger partial charge < -0.3 is 9.64 Å². The normalized spacial score (nSPS) is 28.3. The maximum absolute atomic E-state index is 5.53. The summed E-state index contributed by atoms with van der Waals surface area (Å²) in [7, 11) is 4.10. The average Bonchev–Trinajstić information content (AvgIpc) is 3.12. The summed E-state index contributed by atoms with van der Waals surface area (Å²) in [6.45, 7) is 6.76. The van der Waals surface area contributed by atoms with E-state index in [0.717, 1.165) is 13.2 Å². The van der Waals surface area contributed by atoms with Gasteiger partial charge in [-0.05, 0) is 36.3 Å². The molecule has 24 heavy (non-hydrogen) atoms. The van der Waals surface area contributed by atoms with Crippen molar-refractivity contribution in [2.24, 2.45) is 11.3 Å². The fraction of sp³-hybridized carbons (Fsp3) is 0.524. The first-order chi connectivity index (χ1) is 11.7. The van der Waals surface area contributed by atoms with Gasteiger partial charge in [-0.25, -0.2) is 0 Å². The van der Waals surface area contributed by atoms with Gasteiger partial charge in [-0.1, -0.05) is 42.5 Å². The third kappa shape index (κ3) is 2.85. The topological polar surface area (TPSA) is 15.7 Å². The molecule has 2 aliphatic heterocycles. The number of fused-ring (bicyclic) bond motifs is 1. The highest BCUT2D eigenvalue weighted by Gasteiger charge is 2.49. The van der Waals surface area contributed by atoms with Crippen LogP contribution in [0.1, 0.15) is 12.0 Å². The van der Waals surface area contributed by atoms with E-state index in [0.29, 0.717) is 11.3 Å². The molecule has 0 N–H and O–H groups in total. The first kappa shape index (κ1) is 16.1. The second-order valence-corrected chi connectivity index (χ2v) is 7.81. The Morgan fingerprint density at radius 3 is 2.83 bits per heavy atom. The minimum absolute atomic E-state index is 0.426. The molecule has 0 radical (unpaired) electrons. The van der Waals surface area contributed by atoms with Gasteiger partial charge in [0, 0.05) is 44.6 Å². The van der Waals surface area contributed by atoms with Crippen LogP contribution in [-0.4, -0.2) is 56.7 Å². The zero-order valence-corrected chi connectivity index (χ0v) is 14.9. The Morgan fingerprint density at radius 2 is 1.96 bits per heavy atom. The predicted octanol–water partition coefficient (Wildman–Crippen LogP) is 3.24. The third-order valence-electron chi connectivity index (χ3n) is 6.09. The van der Waals surface area contributed by atoms with E-state index in [-0.39, 0.29) is 0 Å². The highest BCUT2D eigenvalue weighted by Crippen LogP contribution is 2.44. The molecule has 0 bridgehead atoms. The van der Waals surface area contributed by atoms with Crippen LogP contribution < -0.4 is 0 Å². The molecule has 3 nitrogen and oxygen atoms in total. The molecule has 128 valence electrons. The summed E-state index contributed by atoms with van der Waals surface area (Å²) >= 11 is 0. The van der Waals surface area contributed by atoms with Crippen molar-refractivity contribution >= 4 is 10.8 Å². The lowest BCUT2D eigenvalue weighted by Crippen LogP contribution is -2.36. The molecule has 2 aromatic rings. The van der Waals surface area contributed by atoms with E-state index >= 15 is 0 Å². The summed E-state index contributed by atoms with van der Waals surface area (Å²) in [6, 6.07) is 15.4. The van der Waals surface area contributed by atoms with Crippen molar-refractivity contribution in [3.05, 3.63) is 48.0 Å². The SMILES string of the molecule is COC[C@@H]1CN(C)C[C@]12CCN(Cc1cccc3ccccc13)C2. The number of nitrogens with zero attached hydrogens (tertiary/aromatic N) is 2. The molecule has 2 atom stereocenters. The third-order valence-corrected chi connectivity index (χ3v) is 6.09. The number of ether oxygens (including phenoxy) is 1. The van der Waals surface area contributed by atoms with Crippen LogP contribution in [0.3, 0.4) is 0 Å². The summed E-state index contributed by atoms with van der Waals surface area (Å²) in [5.41, 5.74) is 1.88. The molecule has 2 fully saturated rings. The van der Waals surface area contributed by atoms with E-state index in [4.69, 9.17) is 4.74 Å². The van der Waals surface area contributed by atoms with Gasteiger partial charge in [-0.3, -0.25) is 4.90 Å². The van der Waals surface area contributed by atoms with E-state index in [2.05, 4.69) is 59.3 Å². The molecule has 2 aromatic carbocycles. The average molecular weight is 324 g/mol. The van der Waals surface area contributed by atoms with Gasteiger partial charge in [-0.2, -0.15) is 0 Å².